The van der Waals surface area contributed by atoms with E-state index in [9.17, 15) is 14.4 Å². The Kier molecular flexibility index (Phi) is 64.8. The predicted octanol–water partition coefficient (Wildman–Crippen LogP) is 23.6. The number of hydrogen-bond acceptors (Lipinski definition) is 6. The second-order valence-corrected chi connectivity index (χ2v) is 22.3. The Balaban J connectivity index is 4.35. The summed E-state index contributed by atoms with van der Waals surface area (Å²) < 4.78 is 16.9. The average Bonchev–Trinajstić information content (AvgIpc) is 3.46. The maximum atomic E-state index is 12.9. The summed E-state index contributed by atoms with van der Waals surface area (Å²) in [5.41, 5.74) is 0. The van der Waals surface area contributed by atoms with Crippen molar-refractivity contribution in [3.8, 4) is 0 Å². The second kappa shape index (κ2) is 68.3. The van der Waals surface area contributed by atoms with Crippen molar-refractivity contribution in [3.05, 3.63) is 122 Å². The van der Waals surface area contributed by atoms with Crippen molar-refractivity contribution < 1.29 is 28.6 Å². The molecule has 0 aliphatic rings. The minimum Gasteiger partial charge on any atom is -0.462 e. The van der Waals surface area contributed by atoms with Crippen LogP contribution in [0.4, 0.5) is 0 Å². The van der Waals surface area contributed by atoms with Crippen molar-refractivity contribution in [2.45, 2.75) is 322 Å². The second-order valence-electron chi connectivity index (χ2n) is 22.3. The highest BCUT2D eigenvalue weighted by molar-refractivity contribution is 5.71. The number of carbonyl (C=O) groups is 3. The maximum Gasteiger partial charge on any atom is 0.306 e. The van der Waals surface area contributed by atoms with Gasteiger partial charge in [-0.2, -0.15) is 0 Å². The molecule has 0 aliphatic carbocycles. The molecule has 0 aliphatic heterocycles. The standard InChI is InChI=1S/C75H126O6/c1-4-7-10-13-16-19-22-25-27-29-31-33-35-36-37-38-40-41-43-45-47-50-53-56-59-62-65-68-74(77)80-71-72(70-79-73(76)67-64-61-58-55-52-49-24-21-18-15-12-9-6-3)81-75(78)69-66-63-60-57-54-51-48-46-44-42-39-34-32-30-28-26-23-20-17-14-11-8-5-2/h9,12,18,21-23,25-26,29-32,35-36,39,42,49,52,58,61,72H,4-8,10-11,13-17,19-20,24,27-28,33-34,37-38,40-41,43-48,50-51,53-57,59-60,62-71H2,1-3H3/b12-9-,21-18-,25-22-,26-23-,31-29-,32-30-,36-35-,42-39-,52-49-,61-58-. The molecule has 0 heterocycles. The smallest absolute Gasteiger partial charge is 0.306 e. The van der Waals surface area contributed by atoms with Gasteiger partial charge in [0.15, 0.2) is 6.10 Å². The zero-order valence-electron chi connectivity index (χ0n) is 53.0. The molecule has 81 heavy (non-hydrogen) atoms. The minimum atomic E-state index is -0.816. The van der Waals surface area contributed by atoms with Gasteiger partial charge in [-0.1, -0.05) is 296 Å². The van der Waals surface area contributed by atoms with Crippen LogP contribution in [0.1, 0.15) is 316 Å². The molecule has 0 aromatic carbocycles. The van der Waals surface area contributed by atoms with Crippen LogP contribution in [-0.2, 0) is 28.6 Å². The van der Waals surface area contributed by atoms with E-state index < -0.39 is 6.10 Å². The molecule has 1 unspecified atom stereocenters. The molecule has 0 N–H and O–H groups in total. The fourth-order valence-corrected chi connectivity index (χ4v) is 9.35. The van der Waals surface area contributed by atoms with Crippen LogP contribution in [0.2, 0.25) is 0 Å². The number of allylic oxidation sites excluding steroid dienone is 20. The van der Waals surface area contributed by atoms with Crippen LogP contribution in [0, 0.1) is 0 Å². The lowest BCUT2D eigenvalue weighted by Gasteiger charge is -2.18. The van der Waals surface area contributed by atoms with E-state index in [-0.39, 0.29) is 37.5 Å². The van der Waals surface area contributed by atoms with E-state index in [1.807, 2.05) is 6.08 Å². The van der Waals surface area contributed by atoms with Gasteiger partial charge in [-0.15, -0.1) is 0 Å². The van der Waals surface area contributed by atoms with Gasteiger partial charge in [-0.3, -0.25) is 14.4 Å². The molecular formula is C75H126O6. The fourth-order valence-electron chi connectivity index (χ4n) is 9.35. The van der Waals surface area contributed by atoms with Crippen LogP contribution in [0.5, 0.6) is 0 Å². The highest BCUT2D eigenvalue weighted by Crippen LogP contribution is 2.16. The van der Waals surface area contributed by atoms with Gasteiger partial charge in [0.2, 0.25) is 0 Å². The lowest BCUT2D eigenvalue weighted by molar-refractivity contribution is -0.166. The first kappa shape index (κ1) is 76.8. The molecule has 0 spiro atoms. The summed E-state index contributed by atoms with van der Waals surface area (Å²) in [6.45, 7) is 6.45. The summed E-state index contributed by atoms with van der Waals surface area (Å²) in [6, 6.07) is 0. The van der Waals surface area contributed by atoms with Crippen LogP contribution in [0.15, 0.2) is 122 Å². The number of esters is 3. The maximum absolute atomic E-state index is 12.9. The molecule has 0 amide bonds. The topological polar surface area (TPSA) is 78.9 Å². The summed E-state index contributed by atoms with van der Waals surface area (Å²) >= 11 is 0. The summed E-state index contributed by atoms with van der Waals surface area (Å²) in [4.78, 5) is 38.3. The lowest BCUT2D eigenvalue weighted by atomic mass is 10.0. The first-order valence-corrected chi connectivity index (χ1v) is 34.0. The van der Waals surface area contributed by atoms with E-state index in [0.29, 0.717) is 19.3 Å². The molecule has 0 rings (SSSR count). The number of rotatable bonds is 61. The van der Waals surface area contributed by atoms with E-state index >= 15 is 0 Å². The third-order valence-corrected chi connectivity index (χ3v) is 14.4. The summed E-state index contributed by atoms with van der Waals surface area (Å²) in [6.07, 6.45) is 95.2. The normalized spacial score (nSPS) is 12.9. The first-order chi connectivity index (χ1) is 40.0. The van der Waals surface area contributed by atoms with Crippen LogP contribution < -0.4 is 0 Å². The minimum absolute atomic E-state index is 0.106. The van der Waals surface area contributed by atoms with Gasteiger partial charge in [0.25, 0.3) is 0 Å². The highest BCUT2D eigenvalue weighted by atomic mass is 16.6. The monoisotopic (exact) mass is 1120 g/mol. The van der Waals surface area contributed by atoms with Gasteiger partial charge in [0, 0.05) is 19.3 Å². The zero-order valence-corrected chi connectivity index (χ0v) is 53.0. The van der Waals surface area contributed by atoms with Crippen molar-refractivity contribution >= 4 is 17.9 Å². The zero-order chi connectivity index (χ0) is 58.5. The fraction of sp³-hybridized carbons (Fsp3) is 0.693. The third-order valence-electron chi connectivity index (χ3n) is 14.4. The summed E-state index contributed by atoms with van der Waals surface area (Å²) in [5.74, 6) is -0.993. The number of hydrogen-bond donors (Lipinski definition) is 0. The molecule has 0 aromatic rings. The molecule has 0 radical (unpaired) electrons. The third kappa shape index (κ3) is 66.5. The van der Waals surface area contributed by atoms with Crippen molar-refractivity contribution in [2.75, 3.05) is 13.2 Å². The van der Waals surface area contributed by atoms with Gasteiger partial charge < -0.3 is 14.2 Å². The molecule has 0 saturated carbocycles. The molecule has 462 valence electrons. The van der Waals surface area contributed by atoms with Crippen molar-refractivity contribution in [3.63, 3.8) is 0 Å². The highest BCUT2D eigenvalue weighted by Gasteiger charge is 2.19. The van der Waals surface area contributed by atoms with Crippen molar-refractivity contribution in [1.29, 1.82) is 0 Å². The van der Waals surface area contributed by atoms with Gasteiger partial charge in [-0.05, 0) is 122 Å². The van der Waals surface area contributed by atoms with Crippen LogP contribution in [-0.4, -0.2) is 37.2 Å². The van der Waals surface area contributed by atoms with Crippen molar-refractivity contribution in [2.24, 2.45) is 0 Å². The van der Waals surface area contributed by atoms with Crippen LogP contribution in [0.3, 0.4) is 0 Å². The molecule has 6 heteroatoms. The Bertz CT molecular complexity index is 1670. The van der Waals surface area contributed by atoms with Gasteiger partial charge in [0.05, 0.1) is 0 Å². The predicted molar refractivity (Wildman–Crippen MR) is 353 cm³/mol. The summed E-state index contributed by atoms with van der Waals surface area (Å²) in [7, 11) is 0. The molecule has 0 bridgehead atoms. The Morgan fingerprint density at radius 1 is 0.259 bits per heavy atom. The van der Waals surface area contributed by atoms with Gasteiger partial charge >= 0.3 is 17.9 Å². The Hall–Kier alpha value is -4.19. The SMILES string of the molecule is CC/C=C\C/C=C\C/C=C\C/C=C\CCC(=O)OCC(COC(=O)CCCCCCCCCCCCCC/C=C\C/C=C\C/C=C\CCCCCCC)OC(=O)CCCCCCCCCC/C=C\C/C=C\C/C=C\CCCCCCC. The molecule has 0 saturated heterocycles. The quantitative estimate of drug-likeness (QED) is 0.0261. The molecule has 1 atom stereocenters. The molecule has 6 nitrogen and oxygen atoms in total. The molecule has 0 aromatic heterocycles. The molecular weight excluding hydrogens is 997 g/mol. The number of unbranched alkanes of at least 4 members (excludes halogenated alkanes) is 30. The van der Waals surface area contributed by atoms with E-state index in [2.05, 4.69) is 136 Å². The van der Waals surface area contributed by atoms with Crippen LogP contribution in [0.25, 0.3) is 0 Å². The lowest BCUT2D eigenvalue weighted by Crippen LogP contribution is -2.30. The number of ether oxygens (including phenoxy) is 3. The van der Waals surface area contributed by atoms with E-state index in [1.165, 1.54) is 173 Å². The Morgan fingerprint density at radius 3 is 0.827 bits per heavy atom. The summed E-state index contributed by atoms with van der Waals surface area (Å²) in [5, 5.41) is 0. The molecule has 0 fully saturated rings. The average molecular weight is 1120 g/mol. The van der Waals surface area contributed by atoms with Crippen LogP contribution >= 0.6 is 0 Å². The van der Waals surface area contributed by atoms with Gasteiger partial charge in [-0.25, -0.2) is 0 Å². The Morgan fingerprint density at radius 2 is 0.506 bits per heavy atom. The van der Waals surface area contributed by atoms with E-state index in [4.69, 9.17) is 14.2 Å². The van der Waals surface area contributed by atoms with E-state index in [0.717, 1.165) is 96.3 Å². The number of carbonyl (C=O) groups excluding carboxylic acids is 3. The largest absolute Gasteiger partial charge is 0.462 e. The van der Waals surface area contributed by atoms with Gasteiger partial charge in [0.1, 0.15) is 13.2 Å². The van der Waals surface area contributed by atoms with E-state index in [1.54, 1.807) is 0 Å². The first-order valence-electron chi connectivity index (χ1n) is 34.0. The van der Waals surface area contributed by atoms with Crippen molar-refractivity contribution in [1.82, 2.24) is 0 Å². The Labute approximate surface area is 501 Å².